The lowest BCUT2D eigenvalue weighted by atomic mass is 10.3. The SMILES string of the molecule is COCCOCCNc1c(Br)cccc1Br. The van der Waals surface area contributed by atoms with Gasteiger partial charge in [-0.05, 0) is 44.0 Å². The molecule has 1 rings (SSSR count). The lowest BCUT2D eigenvalue weighted by molar-refractivity contribution is 0.0759. The van der Waals surface area contributed by atoms with Gasteiger partial charge in [-0.1, -0.05) is 6.07 Å². The minimum Gasteiger partial charge on any atom is -0.382 e. The fraction of sp³-hybridized carbons (Fsp3) is 0.455. The number of methoxy groups -OCH3 is 1. The standard InChI is InChI=1S/C11H15Br2NO2/c1-15-7-8-16-6-5-14-11-9(12)3-2-4-10(11)13/h2-4,14H,5-8H2,1H3. The molecule has 16 heavy (non-hydrogen) atoms. The molecule has 1 aromatic carbocycles. The van der Waals surface area contributed by atoms with Gasteiger partial charge in [0.1, 0.15) is 0 Å². The van der Waals surface area contributed by atoms with Crippen LogP contribution in [0.1, 0.15) is 0 Å². The van der Waals surface area contributed by atoms with E-state index in [0.717, 1.165) is 21.2 Å². The van der Waals surface area contributed by atoms with Gasteiger partial charge in [0, 0.05) is 22.6 Å². The quantitative estimate of drug-likeness (QED) is 0.764. The van der Waals surface area contributed by atoms with Crippen molar-refractivity contribution in [1.82, 2.24) is 0 Å². The van der Waals surface area contributed by atoms with Crippen LogP contribution >= 0.6 is 31.9 Å². The summed E-state index contributed by atoms with van der Waals surface area (Å²) in [6, 6.07) is 5.98. The average molecular weight is 353 g/mol. The van der Waals surface area contributed by atoms with Crippen molar-refractivity contribution < 1.29 is 9.47 Å². The Hall–Kier alpha value is -0.100. The molecule has 0 saturated carbocycles. The molecule has 0 aliphatic rings. The normalized spacial score (nSPS) is 10.4. The van der Waals surface area contributed by atoms with Gasteiger partial charge in [0.05, 0.1) is 25.5 Å². The van der Waals surface area contributed by atoms with Crippen LogP contribution in [0.3, 0.4) is 0 Å². The molecule has 0 unspecified atom stereocenters. The highest BCUT2D eigenvalue weighted by atomic mass is 79.9. The molecule has 0 fully saturated rings. The molecule has 0 radical (unpaired) electrons. The van der Waals surface area contributed by atoms with Gasteiger partial charge in [0.15, 0.2) is 0 Å². The highest BCUT2D eigenvalue weighted by Crippen LogP contribution is 2.30. The highest BCUT2D eigenvalue weighted by molar-refractivity contribution is 9.11. The monoisotopic (exact) mass is 351 g/mol. The fourth-order valence-electron chi connectivity index (χ4n) is 1.16. The van der Waals surface area contributed by atoms with E-state index < -0.39 is 0 Å². The van der Waals surface area contributed by atoms with Crippen LogP contribution in [0, 0.1) is 0 Å². The number of hydrogen-bond donors (Lipinski definition) is 1. The van der Waals surface area contributed by atoms with Crippen LogP contribution in [0.25, 0.3) is 0 Å². The summed E-state index contributed by atoms with van der Waals surface area (Å²) in [5.41, 5.74) is 1.05. The molecule has 3 nitrogen and oxygen atoms in total. The van der Waals surface area contributed by atoms with Gasteiger partial charge in [-0.2, -0.15) is 0 Å². The minimum absolute atomic E-state index is 0.634. The Labute approximate surface area is 113 Å². The van der Waals surface area contributed by atoms with Gasteiger partial charge in [-0.15, -0.1) is 0 Å². The van der Waals surface area contributed by atoms with E-state index in [1.165, 1.54) is 0 Å². The van der Waals surface area contributed by atoms with Crippen LogP contribution in [0.15, 0.2) is 27.1 Å². The Balaban J connectivity index is 2.26. The Kier molecular flexibility index (Phi) is 7.03. The first-order valence-electron chi connectivity index (χ1n) is 5.00. The van der Waals surface area contributed by atoms with Crippen LogP contribution in [0.2, 0.25) is 0 Å². The molecule has 5 heteroatoms. The summed E-state index contributed by atoms with van der Waals surface area (Å²) in [6.45, 7) is 2.70. The van der Waals surface area contributed by atoms with Gasteiger partial charge < -0.3 is 14.8 Å². The number of hydrogen-bond acceptors (Lipinski definition) is 3. The Morgan fingerprint density at radius 3 is 2.44 bits per heavy atom. The number of anilines is 1. The highest BCUT2D eigenvalue weighted by Gasteiger charge is 2.02. The van der Waals surface area contributed by atoms with Crippen LogP contribution in [-0.4, -0.2) is 33.5 Å². The first-order chi connectivity index (χ1) is 7.75. The predicted octanol–water partition coefficient (Wildman–Crippen LogP) is 3.29. The van der Waals surface area contributed by atoms with E-state index >= 15 is 0 Å². The summed E-state index contributed by atoms with van der Waals surface area (Å²) in [5.74, 6) is 0. The Bertz CT molecular complexity index is 301. The number of halogens is 2. The first-order valence-corrected chi connectivity index (χ1v) is 6.59. The molecule has 1 N–H and O–H groups in total. The van der Waals surface area contributed by atoms with Crippen molar-refractivity contribution in [3.05, 3.63) is 27.1 Å². The molecule has 0 spiro atoms. The topological polar surface area (TPSA) is 30.5 Å². The fourth-order valence-corrected chi connectivity index (χ4v) is 2.44. The van der Waals surface area contributed by atoms with Crippen LogP contribution in [0.5, 0.6) is 0 Å². The molecule has 0 bridgehead atoms. The summed E-state index contributed by atoms with van der Waals surface area (Å²) in [6.07, 6.45) is 0. The molecule has 0 amide bonds. The van der Waals surface area contributed by atoms with Crippen molar-refractivity contribution in [2.24, 2.45) is 0 Å². The van der Waals surface area contributed by atoms with Gasteiger partial charge in [-0.25, -0.2) is 0 Å². The number of benzene rings is 1. The maximum atomic E-state index is 5.36. The van der Waals surface area contributed by atoms with Crippen molar-refractivity contribution in [1.29, 1.82) is 0 Å². The first kappa shape index (κ1) is 14.0. The maximum Gasteiger partial charge on any atom is 0.0701 e. The smallest absolute Gasteiger partial charge is 0.0701 e. The van der Waals surface area contributed by atoms with Crippen molar-refractivity contribution in [3.63, 3.8) is 0 Å². The molecule has 0 atom stereocenters. The summed E-state index contributed by atoms with van der Waals surface area (Å²) in [7, 11) is 1.67. The van der Waals surface area contributed by atoms with Crippen molar-refractivity contribution in [2.45, 2.75) is 0 Å². The van der Waals surface area contributed by atoms with E-state index in [2.05, 4.69) is 37.2 Å². The van der Waals surface area contributed by atoms with E-state index in [-0.39, 0.29) is 0 Å². The molecule has 1 aromatic rings. The van der Waals surface area contributed by atoms with Gasteiger partial charge in [-0.3, -0.25) is 0 Å². The van der Waals surface area contributed by atoms with Crippen LogP contribution in [0.4, 0.5) is 5.69 Å². The van der Waals surface area contributed by atoms with E-state index in [1.54, 1.807) is 7.11 Å². The Morgan fingerprint density at radius 2 is 1.81 bits per heavy atom. The second-order valence-corrected chi connectivity index (χ2v) is 4.84. The zero-order valence-electron chi connectivity index (χ0n) is 9.13. The van der Waals surface area contributed by atoms with E-state index in [4.69, 9.17) is 9.47 Å². The third-order valence-corrected chi connectivity index (χ3v) is 3.26. The van der Waals surface area contributed by atoms with E-state index in [0.29, 0.717) is 19.8 Å². The molecule has 0 aliphatic heterocycles. The van der Waals surface area contributed by atoms with Gasteiger partial charge in [0.25, 0.3) is 0 Å². The summed E-state index contributed by atoms with van der Waals surface area (Å²) >= 11 is 6.98. The molecule has 90 valence electrons. The van der Waals surface area contributed by atoms with Gasteiger partial charge >= 0.3 is 0 Å². The second-order valence-electron chi connectivity index (χ2n) is 3.13. The van der Waals surface area contributed by atoms with Crippen molar-refractivity contribution >= 4 is 37.5 Å². The van der Waals surface area contributed by atoms with Crippen LogP contribution in [-0.2, 0) is 9.47 Å². The zero-order chi connectivity index (χ0) is 11.8. The molecule has 0 aliphatic carbocycles. The number of para-hydroxylation sites is 1. The predicted molar refractivity (Wildman–Crippen MR) is 73.0 cm³/mol. The Morgan fingerprint density at radius 1 is 1.12 bits per heavy atom. The molecular weight excluding hydrogens is 338 g/mol. The number of rotatable bonds is 7. The summed E-state index contributed by atoms with van der Waals surface area (Å²) in [5, 5.41) is 3.30. The third kappa shape index (κ3) is 4.82. The molecule has 0 heterocycles. The minimum atomic E-state index is 0.634. The van der Waals surface area contributed by atoms with Gasteiger partial charge in [0.2, 0.25) is 0 Å². The zero-order valence-corrected chi connectivity index (χ0v) is 12.3. The maximum absolute atomic E-state index is 5.36. The third-order valence-electron chi connectivity index (χ3n) is 1.94. The molecule has 0 saturated heterocycles. The lowest BCUT2D eigenvalue weighted by Crippen LogP contribution is -2.12. The lowest BCUT2D eigenvalue weighted by Gasteiger charge is -2.10. The van der Waals surface area contributed by atoms with Crippen molar-refractivity contribution in [2.75, 3.05) is 38.8 Å². The van der Waals surface area contributed by atoms with E-state index in [9.17, 15) is 0 Å². The molecular formula is C11H15Br2NO2. The van der Waals surface area contributed by atoms with Crippen molar-refractivity contribution in [3.8, 4) is 0 Å². The number of ether oxygens (including phenoxy) is 2. The second kappa shape index (κ2) is 8.06. The largest absolute Gasteiger partial charge is 0.382 e. The summed E-state index contributed by atoms with van der Waals surface area (Å²) in [4.78, 5) is 0. The van der Waals surface area contributed by atoms with E-state index in [1.807, 2.05) is 18.2 Å². The van der Waals surface area contributed by atoms with Crippen LogP contribution < -0.4 is 5.32 Å². The summed E-state index contributed by atoms with van der Waals surface area (Å²) < 4.78 is 12.3. The number of nitrogens with one attached hydrogen (secondary N) is 1. The average Bonchev–Trinajstić information content (AvgIpc) is 2.26. The molecule has 0 aromatic heterocycles.